The molecule has 1 aromatic rings. The molecule has 1 aliphatic carbocycles. The number of rotatable bonds is 14. The minimum atomic E-state index is -0.475. The lowest BCUT2D eigenvalue weighted by molar-refractivity contribution is -0.144. The topological polar surface area (TPSA) is 87.0 Å². The van der Waals surface area contributed by atoms with E-state index in [1.54, 1.807) is 0 Å². The van der Waals surface area contributed by atoms with Gasteiger partial charge >= 0.3 is 5.97 Å². The number of unbranched alkanes of at least 4 members (excludes halogenated alkanes) is 3. The molecular formula is C26H39ClO5. The van der Waals surface area contributed by atoms with Gasteiger partial charge in [-0.1, -0.05) is 62.6 Å². The van der Waals surface area contributed by atoms with Gasteiger partial charge in [0.2, 0.25) is 0 Å². The third-order valence-electron chi connectivity index (χ3n) is 6.28. The van der Waals surface area contributed by atoms with Gasteiger partial charge in [0.1, 0.15) is 6.61 Å². The van der Waals surface area contributed by atoms with Gasteiger partial charge < -0.3 is 20.1 Å². The first-order chi connectivity index (χ1) is 15.5. The zero-order valence-corrected chi connectivity index (χ0v) is 19.9. The summed E-state index contributed by atoms with van der Waals surface area (Å²) in [5.41, 5.74) is 1.99. The molecule has 0 aliphatic heterocycles. The molecule has 1 aromatic carbocycles. The monoisotopic (exact) mass is 466 g/mol. The van der Waals surface area contributed by atoms with E-state index in [9.17, 15) is 15.0 Å². The molecule has 6 heteroatoms. The number of halogens is 1. The normalized spacial score (nSPS) is 24.2. The Labute approximate surface area is 197 Å². The minimum absolute atomic E-state index is 0.0260. The molecule has 0 spiro atoms. The molecular weight excluding hydrogens is 428 g/mol. The van der Waals surface area contributed by atoms with Gasteiger partial charge in [-0.05, 0) is 49.1 Å². The van der Waals surface area contributed by atoms with Crippen LogP contribution in [0.15, 0.2) is 36.4 Å². The fraction of sp³-hybridized carbons (Fsp3) is 0.654. The van der Waals surface area contributed by atoms with E-state index in [-0.39, 0.29) is 36.4 Å². The van der Waals surface area contributed by atoms with Crippen LogP contribution in [-0.2, 0) is 9.53 Å². The Morgan fingerprint density at radius 2 is 1.97 bits per heavy atom. The van der Waals surface area contributed by atoms with Crippen molar-refractivity contribution in [2.45, 2.75) is 88.2 Å². The van der Waals surface area contributed by atoms with Crippen LogP contribution in [0.1, 0.15) is 87.9 Å². The van der Waals surface area contributed by atoms with E-state index < -0.39 is 12.2 Å². The molecule has 0 saturated heterocycles. The number of aliphatic hydroxyl groups excluding tert-OH is 3. The summed E-state index contributed by atoms with van der Waals surface area (Å²) >= 11 is 6.59. The second-order valence-corrected chi connectivity index (χ2v) is 9.29. The Bertz CT molecular complexity index is 690. The van der Waals surface area contributed by atoms with Crippen LogP contribution in [-0.4, -0.2) is 46.0 Å². The van der Waals surface area contributed by atoms with Crippen LogP contribution >= 0.6 is 11.6 Å². The van der Waals surface area contributed by atoms with Gasteiger partial charge in [-0.3, -0.25) is 4.79 Å². The predicted molar refractivity (Wildman–Crippen MR) is 128 cm³/mol. The first-order valence-electron chi connectivity index (χ1n) is 12.0. The molecule has 32 heavy (non-hydrogen) atoms. The standard InChI is InChI=1S/C26H39ClO5/c1-2-3-6-10-23(29)19-12-14-20(15-13-19)26-21(22(27)18-24(26)30)9-7-4-5-8-11-25(31)32-17-16-28/h4,7,12-15,21-24,26,28-30H,2-3,5-6,8-11,16-18H2,1H3/t21-,22+,23+,24+,26+/m0/s1. The number of carbonyl (C=O) groups is 1. The van der Waals surface area contributed by atoms with Crippen LogP contribution in [0.2, 0.25) is 0 Å². The maximum absolute atomic E-state index is 11.4. The average molecular weight is 467 g/mol. The van der Waals surface area contributed by atoms with Crippen molar-refractivity contribution < 1.29 is 24.9 Å². The number of allylic oxidation sites excluding steroid dienone is 2. The third kappa shape index (κ3) is 8.51. The lowest BCUT2D eigenvalue weighted by Crippen LogP contribution is -2.18. The summed E-state index contributed by atoms with van der Waals surface area (Å²) in [5, 5.41) is 29.6. The summed E-state index contributed by atoms with van der Waals surface area (Å²) in [6, 6.07) is 8.00. The van der Waals surface area contributed by atoms with Gasteiger partial charge in [-0.15, -0.1) is 11.6 Å². The maximum atomic E-state index is 11.4. The molecule has 1 saturated carbocycles. The fourth-order valence-electron chi connectivity index (χ4n) is 4.49. The number of benzene rings is 1. The average Bonchev–Trinajstić information content (AvgIpc) is 3.07. The molecule has 5 atom stereocenters. The molecule has 5 nitrogen and oxygen atoms in total. The molecule has 1 fully saturated rings. The highest BCUT2D eigenvalue weighted by Gasteiger charge is 2.41. The molecule has 0 radical (unpaired) electrons. The highest BCUT2D eigenvalue weighted by molar-refractivity contribution is 6.21. The Kier molecular flexibility index (Phi) is 12.3. The number of hydrogen-bond acceptors (Lipinski definition) is 5. The number of ether oxygens (including phenoxy) is 1. The lowest BCUT2D eigenvalue weighted by atomic mass is 9.84. The van der Waals surface area contributed by atoms with Crippen LogP contribution in [0.5, 0.6) is 0 Å². The fourth-order valence-corrected chi connectivity index (χ4v) is 4.93. The number of hydrogen-bond donors (Lipinski definition) is 3. The molecule has 2 rings (SSSR count). The van der Waals surface area contributed by atoms with Gasteiger partial charge in [0.15, 0.2) is 0 Å². The van der Waals surface area contributed by atoms with E-state index in [1.165, 1.54) is 0 Å². The summed E-state index contributed by atoms with van der Waals surface area (Å²) in [6.07, 6.45) is 10.4. The first kappa shape index (κ1) is 26.8. The van der Waals surface area contributed by atoms with Crippen LogP contribution in [0.25, 0.3) is 0 Å². The lowest BCUT2D eigenvalue weighted by Gasteiger charge is -2.23. The van der Waals surface area contributed by atoms with Crippen LogP contribution in [0.4, 0.5) is 0 Å². The van der Waals surface area contributed by atoms with Crippen LogP contribution in [0.3, 0.4) is 0 Å². The summed E-state index contributed by atoms with van der Waals surface area (Å²) in [6.45, 7) is 2.05. The summed E-state index contributed by atoms with van der Waals surface area (Å²) in [5.74, 6) is -0.175. The number of esters is 1. The highest BCUT2D eigenvalue weighted by Crippen LogP contribution is 2.45. The van der Waals surface area contributed by atoms with Gasteiger partial charge in [0, 0.05) is 17.7 Å². The van der Waals surface area contributed by atoms with E-state index in [0.29, 0.717) is 19.3 Å². The quantitative estimate of drug-likeness (QED) is 0.155. The SMILES string of the molecule is CCCCC[C@@H](O)c1ccc([C@@H]2[C@@H](CC=CCCCC(=O)OCCO)[C@H](Cl)C[C@H]2O)cc1. The maximum Gasteiger partial charge on any atom is 0.305 e. The summed E-state index contributed by atoms with van der Waals surface area (Å²) in [7, 11) is 0. The van der Waals surface area contributed by atoms with Crippen molar-refractivity contribution in [1.29, 1.82) is 0 Å². The van der Waals surface area contributed by atoms with E-state index in [2.05, 4.69) is 19.1 Å². The van der Waals surface area contributed by atoms with E-state index >= 15 is 0 Å². The van der Waals surface area contributed by atoms with Crippen molar-refractivity contribution in [3.05, 3.63) is 47.5 Å². The predicted octanol–water partition coefficient (Wildman–Crippen LogP) is 5.02. The zero-order chi connectivity index (χ0) is 23.3. The largest absolute Gasteiger partial charge is 0.463 e. The van der Waals surface area contributed by atoms with Crippen molar-refractivity contribution in [2.24, 2.45) is 5.92 Å². The van der Waals surface area contributed by atoms with Gasteiger partial charge in [-0.25, -0.2) is 0 Å². The highest BCUT2D eigenvalue weighted by atomic mass is 35.5. The van der Waals surface area contributed by atoms with E-state index in [1.807, 2.05) is 24.3 Å². The second-order valence-electron chi connectivity index (χ2n) is 8.73. The second kappa shape index (κ2) is 14.7. The van der Waals surface area contributed by atoms with Gasteiger partial charge in [0.25, 0.3) is 0 Å². The first-order valence-corrected chi connectivity index (χ1v) is 12.4. The molecule has 0 aromatic heterocycles. The Balaban J connectivity index is 1.88. The van der Waals surface area contributed by atoms with Crippen molar-refractivity contribution >= 4 is 17.6 Å². The van der Waals surface area contributed by atoms with Gasteiger partial charge in [0.05, 0.1) is 18.8 Å². The number of carbonyl (C=O) groups excluding carboxylic acids is 1. The molecule has 0 bridgehead atoms. The van der Waals surface area contributed by atoms with Gasteiger partial charge in [-0.2, -0.15) is 0 Å². The smallest absolute Gasteiger partial charge is 0.305 e. The van der Waals surface area contributed by atoms with Crippen LogP contribution in [0, 0.1) is 5.92 Å². The molecule has 3 N–H and O–H groups in total. The van der Waals surface area contributed by atoms with Crippen molar-refractivity contribution in [1.82, 2.24) is 0 Å². The van der Waals surface area contributed by atoms with Crippen LogP contribution < -0.4 is 0 Å². The van der Waals surface area contributed by atoms with E-state index in [4.69, 9.17) is 21.4 Å². The van der Waals surface area contributed by atoms with Crippen molar-refractivity contribution in [3.63, 3.8) is 0 Å². The van der Waals surface area contributed by atoms with Crippen molar-refractivity contribution in [3.8, 4) is 0 Å². The summed E-state index contributed by atoms with van der Waals surface area (Å²) < 4.78 is 4.84. The summed E-state index contributed by atoms with van der Waals surface area (Å²) in [4.78, 5) is 11.4. The Hall–Kier alpha value is -1.40. The number of alkyl halides is 1. The molecule has 0 heterocycles. The zero-order valence-electron chi connectivity index (χ0n) is 19.2. The Morgan fingerprint density at radius 1 is 1.22 bits per heavy atom. The third-order valence-corrected chi connectivity index (χ3v) is 6.78. The van der Waals surface area contributed by atoms with E-state index in [0.717, 1.165) is 49.7 Å². The molecule has 0 unspecified atom stereocenters. The minimum Gasteiger partial charge on any atom is -0.463 e. The Morgan fingerprint density at radius 3 is 2.66 bits per heavy atom. The van der Waals surface area contributed by atoms with Crippen molar-refractivity contribution in [2.75, 3.05) is 13.2 Å². The molecule has 1 aliphatic rings. The molecule has 180 valence electrons. The number of aliphatic hydroxyl groups is 3. The molecule has 0 amide bonds.